The lowest BCUT2D eigenvalue weighted by Crippen LogP contribution is -2.53. The largest absolute Gasteiger partial charge is 0.379 e. The van der Waals surface area contributed by atoms with Crippen LogP contribution in [-0.2, 0) is 9.47 Å². The van der Waals surface area contributed by atoms with Gasteiger partial charge in [-0.3, -0.25) is 9.59 Å². The molecule has 0 amide bonds. The number of carbonyl (C=O) groups is 2. The molecule has 1 aliphatic carbocycles. The van der Waals surface area contributed by atoms with Crippen molar-refractivity contribution in [2.45, 2.75) is 0 Å². The zero-order valence-electron chi connectivity index (χ0n) is 21.5. The summed E-state index contributed by atoms with van der Waals surface area (Å²) < 4.78 is 12.9. The highest BCUT2D eigenvalue weighted by Gasteiger charge is 2.34. The molecule has 0 bridgehead atoms. The molecule has 192 valence electrons. The van der Waals surface area contributed by atoms with E-state index in [9.17, 15) is 9.59 Å². The van der Waals surface area contributed by atoms with E-state index in [0.717, 1.165) is 99.1 Å². The first-order valence-electron chi connectivity index (χ1n) is 13.0. The van der Waals surface area contributed by atoms with Crippen molar-refractivity contribution in [3.05, 3.63) is 58.7 Å². The van der Waals surface area contributed by atoms with Crippen LogP contribution < -0.4 is 10.6 Å². The van der Waals surface area contributed by atoms with Crippen molar-refractivity contribution >= 4 is 22.9 Å². The monoisotopic (exact) mass is 494 g/mol. The number of nitrogens with zero attached hydrogens (tertiary/aromatic N) is 2. The van der Waals surface area contributed by atoms with Crippen LogP contribution in [0, 0.1) is 0 Å². The van der Waals surface area contributed by atoms with Gasteiger partial charge in [-0.15, -0.1) is 0 Å². The number of likely N-dealkylation sites (N-methyl/N-ethyl adjacent to an activating group) is 2. The van der Waals surface area contributed by atoms with Gasteiger partial charge in [-0.1, -0.05) is 24.3 Å². The molecule has 2 N–H and O–H groups in total. The fraction of sp³-hybridized carbons (Fsp3) is 0.500. The summed E-state index contributed by atoms with van der Waals surface area (Å²) >= 11 is 0. The standard InChI is InChI=1S/C28H37N4O4/c1-31(13-17-35-18-14-31)11-9-29-23-7-3-5-21-25(23)28(34)26-22(27(21)33)6-4-8-24(26)30-10-12-32(2)15-19-36-20-16-32/h3-8H,9-20H2,1-2H3,(H-,29,30,34)/q+1/p+1. The van der Waals surface area contributed by atoms with Crippen LogP contribution in [0.25, 0.3) is 0 Å². The molecule has 0 radical (unpaired) electrons. The smallest absolute Gasteiger partial charge is 0.198 e. The zero-order chi connectivity index (χ0) is 25.2. The van der Waals surface area contributed by atoms with Crippen molar-refractivity contribution in [2.24, 2.45) is 0 Å². The number of hydrogen-bond donors (Lipinski definition) is 2. The zero-order valence-corrected chi connectivity index (χ0v) is 21.5. The summed E-state index contributed by atoms with van der Waals surface area (Å²) in [5, 5.41) is 6.95. The fourth-order valence-corrected chi connectivity index (χ4v) is 5.47. The van der Waals surface area contributed by atoms with E-state index in [2.05, 4.69) is 24.7 Å². The normalized spacial score (nSPS) is 20.4. The maximum atomic E-state index is 13.9. The lowest BCUT2D eigenvalue weighted by Gasteiger charge is -2.37. The molecule has 36 heavy (non-hydrogen) atoms. The molecule has 3 aliphatic rings. The van der Waals surface area contributed by atoms with E-state index in [4.69, 9.17) is 9.47 Å². The van der Waals surface area contributed by atoms with E-state index < -0.39 is 0 Å². The van der Waals surface area contributed by atoms with Crippen LogP contribution in [0.4, 0.5) is 11.4 Å². The topological polar surface area (TPSA) is 76.7 Å². The van der Waals surface area contributed by atoms with Crippen LogP contribution >= 0.6 is 0 Å². The maximum Gasteiger partial charge on any atom is 0.198 e. The average molecular weight is 495 g/mol. The minimum Gasteiger partial charge on any atom is -0.379 e. The summed E-state index contributed by atoms with van der Waals surface area (Å²) in [4.78, 5) is 27.3. The Balaban J connectivity index is 1.34. The first kappa shape index (κ1) is 24.9. The molecule has 2 fully saturated rings. The van der Waals surface area contributed by atoms with Gasteiger partial charge in [0.25, 0.3) is 0 Å². The Kier molecular flexibility index (Phi) is 7.12. The molecule has 8 nitrogen and oxygen atoms in total. The van der Waals surface area contributed by atoms with Crippen molar-refractivity contribution in [3.63, 3.8) is 0 Å². The molecule has 2 aromatic carbocycles. The number of hydrogen-bond acceptors (Lipinski definition) is 6. The molecular formula is C28H38N4O4+2. The van der Waals surface area contributed by atoms with Crippen molar-refractivity contribution in [1.82, 2.24) is 0 Å². The van der Waals surface area contributed by atoms with Crippen LogP contribution in [0.1, 0.15) is 31.8 Å². The van der Waals surface area contributed by atoms with E-state index in [-0.39, 0.29) is 11.6 Å². The van der Waals surface area contributed by atoms with Gasteiger partial charge in [0.1, 0.15) is 26.2 Å². The summed E-state index contributed by atoms with van der Waals surface area (Å²) in [7, 11) is 4.49. The van der Waals surface area contributed by atoms with Crippen molar-refractivity contribution < 1.29 is 28.0 Å². The second-order valence-corrected chi connectivity index (χ2v) is 10.8. The third-order valence-electron chi connectivity index (χ3n) is 8.11. The Hall–Kier alpha value is -2.78. The highest BCUT2D eigenvalue weighted by Crippen LogP contribution is 2.35. The Morgan fingerprint density at radius 3 is 1.50 bits per heavy atom. The average Bonchev–Trinajstić information content (AvgIpc) is 2.88. The molecule has 2 heterocycles. The third-order valence-corrected chi connectivity index (χ3v) is 8.11. The SMILES string of the molecule is C[N+]1(CCNc2cccc3c2C(=O)c2c(NCC[N+]4(C)CCOCC4)cccc2C3=O)CCOCC1. The summed E-state index contributed by atoms with van der Waals surface area (Å²) in [5.41, 5.74) is 3.40. The lowest BCUT2D eigenvalue weighted by molar-refractivity contribution is -0.915. The van der Waals surface area contributed by atoms with Crippen LogP contribution in [-0.4, -0.2) is 113 Å². The predicted octanol–water partition coefficient (Wildman–Crippen LogP) is 2.24. The number of morpholine rings is 2. The quantitative estimate of drug-likeness (QED) is 0.468. The van der Waals surface area contributed by atoms with Gasteiger partial charge >= 0.3 is 0 Å². The first-order valence-corrected chi connectivity index (χ1v) is 13.0. The van der Waals surface area contributed by atoms with Crippen molar-refractivity contribution in [1.29, 1.82) is 0 Å². The second-order valence-electron chi connectivity index (χ2n) is 10.8. The number of ether oxygens (including phenoxy) is 2. The minimum absolute atomic E-state index is 0.0914. The highest BCUT2D eigenvalue weighted by atomic mass is 16.5. The number of quaternary nitrogens is 2. The summed E-state index contributed by atoms with van der Waals surface area (Å²) in [5.74, 6) is -0.185. The second kappa shape index (κ2) is 10.3. The molecule has 0 unspecified atom stereocenters. The van der Waals surface area contributed by atoms with Gasteiger partial charge in [0.15, 0.2) is 11.6 Å². The number of ketones is 2. The Morgan fingerprint density at radius 1 is 0.667 bits per heavy atom. The lowest BCUT2D eigenvalue weighted by atomic mass is 9.82. The summed E-state index contributed by atoms with van der Waals surface area (Å²) in [6, 6.07) is 11.1. The fourth-order valence-electron chi connectivity index (χ4n) is 5.47. The molecular weight excluding hydrogens is 456 g/mol. The Labute approximate surface area is 213 Å². The molecule has 0 atom stereocenters. The Bertz CT molecular complexity index is 1050. The van der Waals surface area contributed by atoms with Crippen molar-refractivity contribution in [3.8, 4) is 0 Å². The van der Waals surface area contributed by atoms with Crippen LogP contribution in [0.5, 0.6) is 0 Å². The number of benzene rings is 2. The van der Waals surface area contributed by atoms with Gasteiger partial charge in [0.2, 0.25) is 0 Å². The number of rotatable bonds is 8. The van der Waals surface area contributed by atoms with E-state index in [0.29, 0.717) is 22.3 Å². The molecule has 5 rings (SSSR count). The van der Waals surface area contributed by atoms with E-state index >= 15 is 0 Å². The summed E-state index contributed by atoms with van der Waals surface area (Å²) in [6.07, 6.45) is 0. The third kappa shape index (κ3) is 5.04. The molecule has 2 aromatic rings. The first-order chi connectivity index (χ1) is 17.4. The molecule has 2 aliphatic heterocycles. The molecule has 2 saturated heterocycles. The van der Waals surface area contributed by atoms with Crippen LogP contribution in [0.15, 0.2) is 36.4 Å². The van der Waals surface area contributed by atoms with Crippen molar-refractivity contribution in [2.75, 3.05) is 104 Å². The number of fused-ring (bicyclic) bond motifs is 2. The van der Waals surface area contributed by atoms with E-state index in [1.807, 2.05) is 24.3 Å². The molecule has 8 heteroatoms. The number of carbonyl (C=O) groups excluding carboxylic acids is 2. The van der Waals surface area contributed by atoms with Gasteiger partial charge < -0.3 is 29.1 Å². The van der Waals surface area contributed by atoms with Gasteiger partial charge in [-0.05, 0) is 12.1 Å². The van der Waals surface area contributed by atoms with E-state index in [1.54, 1.807) is 12.1 Å². The molecule has 0 aromatic heterocycles. The number of anilines is 2. The van der Waals surface area contributed by atoms with E-state index in [1.165, 1.54) is 0 Å². The van der Waals surface area contributed by atoms with Crippen LogP contribution in [0.3, 0.4) is 0 Å². The minimum atomic E-state index is -0.0932. The Morgan fingerprint density at radius 2 is 1.08 bits per heavy atom. The molecule has 0 saturated carbocycles. The molecule has 0 spiro atoms. The highest BCUT2D eigenvalue weighted by molar-refractivity contribution is 6.31. The van der Waals surface area contributed by atoms with Crippen LogP contribution in [0.2, 0.25) is 0 Å². The summed E-state index contributed by atoms with van der Waals surface area (Å²) in [6.45, 7) is 10.4. The maximum absolute atomic E-state index is 13.9. The van der Waals surface area contributed by atoms with Gasteiger partial charge in [0, 0.05) is 22.5 Å². The van der Waals surface area contributed by atoms with Gasteiger partial charge in [-0.2, -0.15) is 0 Å². The predicted molar refractivity (Wildman–Crippen MR) is 140 cm³/mol. The van der Waals surface area contributed by atoms with Gasteiger partial charge in [0.05, 0.1) is 77.8 Å². The number of nitrogens with one attached hydrogen (secondary N) is 2. The van der Waals surface area contributed by atoms with Gasteiger partial charge in [-0.25, -0.2) is 0 Å².